The molecule has 0 aliphatic heterocycles. The second-order valence-corrected chi connectivity index (χ2v) is 5.78. The van der Waals surface area contributed by atoms with E-state index in [9.17, 15) is 4.79 Å². The summed E-state index contributed by atoms with van der Waals surface area (Å²) < 4.78 is 5.22. The standard InChI is InChI=1S/C17H28N2O2/c1-7-18-17(5,16(20)21-8-2)12-19(6)15-10-13(3)9-14(4)11-15/h9-11,18H,7-8,12H2,1-6H3. The van der Waals surface area contributed by atoms with Gasteiger partial charge in [0.1, 0.15) is 5.54 Å². The van der Waals surface area contributed by atoms with E-state index >= 15 is 0 Å². The Morgan fingerprint density at radius 2 is 1.81 bits per heavy atom. The monoisotopic (exact) mass is 292 g/mol. The van der Waals surface area contributed by atoms with E-state index in [1.165, 1.54) is 11.1 Å². The Labute approximate surface area is 128 Å². The van der Waals surface area contributed by atoms with Gasteiger partial charge < -0.3 is 15.0 Å². The first-order valence-corrected chi connectivity index (χ1v) is 7.54. The molecule has 0 aliphatic rings. The zero-order valence-corrected chi connectivity index (χ0v) is 14.1. The number of anilines is 1. The molecule has 0 saturated heterocycles. The van der Waals surface area contributed by atoms with Crippen LogP contribution in [0.3, 0.4) is 0 Å². The summed E-state index contributed by atoms with van der Waals surface area (Å²) in [4.78, 5) is 14.3. The van der Waals surface area contributed by atoms with E-state index in [0.717, 1.165) is 12.2 Å². The highest BCUT2D eigenvalue weighted by Crippen LogP contribution is 2.20. The van der Waals surface area contributed by atoms with Crippen LogP contribution in [0.15, 0.2) is 18.2 Å². The number of hydrogen-bond donors (Lipinski definition) is 1. The number of esters is 1. The lowest BCUT2D eigenvalue weighted by Gasteiger charge is -2.33. The SMILES string of the molecule is CCNC(C)(CN(C)c1cc(C)cc(C)c1)C(=O)OCC. The predicted octanol–water partition coefficient (Wildman–Crippen LogP) is 2.67. The van der Waals surface area contributed by atoms with Crippen LogP contribution in [0, 0.1) is 13.8 Å². The number of hydrogen-bond acceptors (Lipinski definition) is 4. The largest absolute Gasteiger partial charge is 0.465 e. The second-order valence-electron chi connectivity index (χ2n) is 5.78. The Hall–Kier alpha value is -1.55. The highest BCUT2D eigenvalue weighted by Gasteiger charge is 2.35. The molecule has 1 rings (SSSR count). The molecule has 21 heavy (non-hydrogen) atoms. The molecule has 1 aromatic carbocycles. The number of likely N-dealkylation sites (N-methyl/N-ethyl adjacent to an activating group) is 2. The number of ether oxygens (including phenoxy) is 1. The molecule has 1 N–H and O–H groups in total. The van der Waals surface area contributed by atoms with Crippen molar-refractivity contribution in [2.24, 2.45) is 0 Å². The maximum absolute atomic E-state index is 12.2. The van der Waals surface area contributed by atoms with Gasteiger partial charge in [-0.25, -0.2) is 4.79 Å². The molecule has 0 saturated carbocycles. The molecule has 0 radical (unpaired) electrons. The summed E-state index contributed by atoms with van der Waals surface area (Å²) in [6.07, 6.45) is 0. The third kappa shape index (κ3) is 4.74. The van der Waals surface area contributed by atoms with Crippen molar-refractivity contribution in [2.45, 2.75) is 40.2 Å². The molecule has 0 heterocycles. The fourth-order valence-corrected chi connectivity index (χ4v) is 2.61. The molecule has 0 amide bonds. The Bertz CT molecular complexity index is 467. The Kier molecular flexibility index (Phi) is 6.21. The van der Waals surface area contributed by atoms with Gasteiger partial charge in [-0.2, -0.15) is 0 Å². The molecule has 1 atom stereocenters. The quantitative estimate of drug-likeness (QED) is 0.785. The van der Waals surface area contributed by atoms with Crippen LogP contribution >= 0.6 is 0 Å². The lowest BCUT2D eigenvalue weighted by atomic mass is 10.0. The molecule has 118 valence electrons. The molecule has 4 heteroatoms. The smallest absolute Gasteiger partial charge is 0.327 e. The molecule has 0 spiro atoms. The molecular weight excluding hydrogens is 264 g/mol. The first-order valence-electron chi connectivity index (χ1n) is 7.54. The Morgan fingerprint density at radius 1 is 1.24 bits per heavy atom. The summed E-state index contributed by atoms with van der Waals surface area (Å²) in [5, 5.41) is 3.26. The van der Waals surface area contributed by atoms with E-state index in [2.05, 4.69) is 42.3 Å². The van der Waals surface area contributed by atoms with E-state index in [4.69, 9.17) is 4.74 Å². The normalized spacial score (nSPS) is 13.6. The molecular formula is C17H28N2O2. The minimum Gasteiger partial charge on any atom is -0.465 e. The first kappa shape index (κ1) is 17.5. The number of rotatable bonds is 7. The molecule has 1 aromatic rings. The van der Waals surface area contributed by atoms with Crippen LogP contribution in [0.2, 0.25) is 0 Å². The highest BCUT2D eigenvalue weighted by molar-refractivity contribution is 5.81. The van der Waals surface area contributed by atoms with Gasteiger partial charge in [0.25, 0.3) is 0 Å². The summed E-state index contributed by atoms with van der Waals surface area (Å²) in [6, 6.07) is 6.40. The van der Waals surface area contributed by atoms with Crippen molar-refractivity contribution in [1.29, 1.82) is 0 Å². The van der Waals surface area contributed by atoms with Gasteiger partial charge in [-0.15, -0.1) is 0 Å². The van der Waals surface area contributed by atoms with Crippen molar-refractivity contribution >= 4 is 11.7 Å². The van der Waals surface area contributed by atoms with Crippen LogP contribution in [0.5, 0.6) is 0 Å². The summed E-state index contributed by atoms with van der Waals surface area (Å²) in [6.45, 7) is 11.6. The van der Waals surface area contributed by atoms with Crippen molar-refractivity contribution in [2.75, 3.05) is 31.6 Å². The molecule has 0 fully saturated rings. The van der Waals surface area contributed by atoms with Crippen molar-refractivity contribution < 1.29 is 9.53 Å². The lowest BCUT2D eigenvalue weighted by molar-refractivity contribution is -0.150. The fourth-order valence-electron chi connectivity index (χ4n) is 2.61. The van der Waals surface area contributed by atoms with Crippen LogP contribution in [0.25, 0.3) is 0 Å². The molecule has 1 unspecified atom stereocenters. The van der Waals surface area contributed by atoms with Crippen molar-refractivity contribution in [3.63, 3.8) is 0 Å². The maximum atomic E-state index is 12.2. The average Bonchev–Trinajstić information content (AvgIpc) is 2.38. The van der Waals surface area contributed by atoms with Gasteiger partial charge in [-0.3, -0.25) is 0 Å². The van der Waals surface area contributed by atoms with Crippen LogP contribution in [-0.4, -0.2) is 38.3 Å². The number of nitrogens with zero attached hydrogens (tertiary/aromatic N) is 1. The first-order chi connectivity index (χ1) is 9.82. The van der Waals surface area contributed by atoms with Crippen molar-refractivity contribution in [1.82, 2.24) is 5.32 Å². The second kappa shape index (κ2) is 7.46. The zero-order valence-electron chi connectivity index (χ0n) is 14.1. The van der Waals surface area contributed by atoms with Crippen LogP contribution in [0.1, 0.15) is 31.9 Å². The summed E-state index contributed by atoms with van der Waals surface area (Å²) in [5.74, 6) is -0.205. The van der Waals surface area contributed by atoms with Crippen molar-refractivity contribution in [3.05, 3.63) is 29.3 Å². The molecule has 0 aromatic heterocycles. The average molecular weight is 292 g/mol. The third-order valence-electron chi connectivity index (χ3n) is 3.49. The highest BCUT2D eigenvalue weighted by atomic mass is 16.5. The predicted molar refractivity (Wildman–Crippen MR) is 87.9 cm³/mol. The number of benzene rings is 1. The van der Waals surface area contributed by atoms with Gasteiger partial charge in [-0.1, -0.05) is 13.0 Å². The van der Waals surface area contributed by atoms with E-state index < -0.39 is 5.54 Å². The van der Waals surface area contributed by atoms with E-state index in [1.807, 2.05) is 27.8 Å². The van der Waals surface area contributed by atoms with Gasteiger partial charge in [0.15, 0.2) is 0 Å². The van der Waals surface area contributed by atoms with Crippen LogP contribution < -0.4 is 10.2 Å². The fraction of sp³-hybridized carbons (Fsp3) is 0.588. The summed E-state index contributed by atoms with van der Waals surface area (Å²) in [5.41, 5.74) is 2.84. The number of carbonyl (C=O) groups is 1. The zero-order chi connectivity index (χ0) is 16.0. The van der Waals surface area contributed by atoms with Gasteiger partial charge in [0.05, 0.1) is 6.61 Å². The van der Waals surface area contributed by atoms with Gasteiger partial charge in [-0.05, 0) is 57.5 Å². The van der Waals surface area contributed by atoms with Gasteiger partial charge >= 0.3 is 5.97 Å². The molecule has 0 aliphatic carbocycles. The van der Waals surface area contributed by atoms with Crippen LogP contribution in [-0.2, 0) is 9.53 Å². The van der Waals surface area contributed by atoms with E-state index in [-0.39, 0.29) is 5.97 Å². The summed E-state index contributed by atoms with van der Waals surface area (Å²) >= 11 is 0. The Morgan fingerprint density at radius 3 is 2.29 bits per heavy atom. The molecule has 4 nitrogen and oxygen atoms in total. The number of aryl methyl sites for hydroxylation is 2. The topological polar surface area (TPSA) is 41.6 Å². The third-order valence-corrected chi connectivity index (χ3v) is 3.49. The van der Waals surface area contributed by atoms with Crippen LogP contribution in [0.4, 0.5) is 5.69 Å². The van der Waals surface area contributed by atoms with Gasteiger partial charge in [0, 0.05) is 19.3 Å². The number of carbonyl (C=O) groups excluding carboxylic acids is 1. The van der Waals surface area contributed by atoms with E-state index in [1.54, 1.807) is 0 Å². The van der Waals surface area contributed by atoms with E-state index in [0.29, 0.717) is 13.2 Å². The molecule has 0 bridgehead atoms. The minimum absolute atomic E-state index is 0.205. The number of nitrogens with one attached hydrogen (secondary N) is 1. The maximum Gasteiger partial charge on any atom is 0.327 e. The minimum atomic E-state index is -0.711. The lowest BCUT2D eigenvalue weighted by Crippen LogP contribution is -2.57. The van der Waals surface area contributed by atoms with Crippen molar-refractivity contribution in [3.8, 4) is 0 Å². The van der Waals surface area contributed by atoms with Gasteiger partial charge in [0.2, 0.25) is 0 Å². The Balaban J connectivity index is 2.94. The summed E-state index contributed by atoms with van der Waals surface area (Å²) in [7, 11) is 2.00.